The van der Waals surface area contributed by atoms with Crippen molar-refractivity contribution in [3.8, 4) is 34.2 Å². The fraction of sp³-hybridized carbons (Fsp3) is 0.364. The van der Waals surface area contributed by atoms with Crippen molar-refractivity contribution in [2.24, 2.45) is 5.41 Å². The van der Waals surface area contributed by atoms with Gasteiger partial charge in [-0.15, -0.1) is 0 Å². The molecule has 2 aliphatic rings. The molecule has 9 nitrogen and oxygen atoms in total. The monoisotopic (exact) mass is 565 g/mol. The second-order valence-electron chi connectivity index (χ2n) is 12.0. The smallest absolute Gasteiger partial charge is 0.407 e. The van der Waals surface area contributed by atoms with Crippen LogP contribution in [0.1, 0.15) is 32.8 Å². The van der Waals surface area contributed by atoms with E-state index in [1.54, 1.807) is 6.20 Å². The lowest BCUT2D eigenvalue weighted by Crippen LogP contribution is -2.48. The quantitative estimate of drug-likeness (QED) is 0.298. The summed E-state index contributed by atoms with van der Waals surface area (Å²) in [5, 5.41) is 20.7. The van der Waals surface area contributed by atoms with Crippen LogP contribution in [0.2, 0.25) is 0 Å². The standard InChI is InChI=1S/C33H35N5O4/c1-33(2,3)30-29(11-13-38(30)32(39)40)42-28-9-6-22(18-23(28)20-34)25-10-12-35-31-26(25)19-27(36-31)21-4-7-24(8-5-21)37-14-16-41-17-15-37/h4-10,12,18-19,29-30H,11,13-17H2,1-3H3,(H,35,36)(H,39,40). The highest BCUT2D eigenvalue weighted by Gasteiger charge is 2.45. The number of likely N-dealkylation sites (tertiary alicyclic amines) is 1. The molecule has 2 aliphatic heterocycles. The van der Waals surface area contributed by atoms with E-state index in [0.717, 1.165) is 59.7 Å². The Morgan fingerprint density at radius 2 is 1.81 bits per heavy atom. The van der Waals surface area contributed by atoms with E-state index in [1.165, 1.54) is 10.6 Å². The first-order valence-corrected chi connectivity index (χ1v) is 14.3. The number of ether oxygens (including phenoxy) is 2. The lowest BCUT2D eigenvalue weighted by Gasteiger charge is -2.36. The third-order valence-corrected chi connectivity index (χ3v) is 8.25. The Bertz CT molecular complexity index is 1640. The number of morpholine rings is 1. The second kappa shape index (κ2) is 11.0. The van der Waals surface area contributed by atoms with Gasteiger partial charge in [-0.05, 0) is 58.5 Å². The van der Waals surface area contributed by atoms with Crippen molar-refractivity contribution in [2.75, 3.05) is 37.7 Å². The highest BCUT2D eigenvalue weighted by molar-refractivity contribution is 5.96. The van der Waals surface area contributed by atoms with Gasteiger partial charge in [0, 0.05) is 49.0 Å². The summed E-state index contributed by atoms with van der Waals surface area (Å²) >= 11 is 0. The van der Waals surface area contributed by atoms with Crippen molar-refractivity contribution in [3.63, 3.8) is 0 Å². The number of pyridine rings is 1. The molecule has 9 heteroatoms. The van der Waals surface area contributed by atoms with Gasteiger partial charge in [-0.25, -0.2) is 9.78 Å². The van der Waals surface area contributed by atoms with Crippen LogP contribution in [-0.2, 0) is 4.74 Å². The summed E-state index contributed by atoms with van der Waals surface area (Å²) in [7, 11) is 0. The number of nitriles is 1. The molecule has 0 bridgehead atoms. The summed E-state index contributed by atoms with van der Waals surface area (Å²) in [5.41, 5.74) is 5.93. The SMILES string of the molecule is CC(C)(C)C1C(Oc2ccc(-c3ccnc4[nH]c(-c5ccc(N6CCOCC6)cc5)cc34)cc2C#N)CCN1C(=O)O. The molecule has 0 radical (unpaired) electrons. The molecule has 2 fully saturated rings. The van der Waals surface area contributed by atoms with Gasteiger partial charge in [0.2, 0.25) is 0 Å². The van der Waals surface area contributed by atoms with Gasteiger partial charge in [-0.2, -0.15) is 5.26 Å². The van der Waals surface area contributed by atoms with Crippen LogP contribution >= 0.6 is 0 Å². The highest BCUT2D eigenvalue weighted by Crippen LogP contribution is 2.38. The number of fused-ring (bicyclic) bond motifs is 1. The van der Waals surface area contributed by atoms with E-state index in [0.29, 0.717) is 24.3 Å². The minimum absolute atomic E-state index is 0.316. The summed E-state index contributed by atoms with van der Waals surface area (Å²) in [5.74, 6) is 0.466. The van der Waals surface area contributed by atoms with Gasteiger partial charge in [0.1, 0.15) is 23.6 Å². The second-order valence-corrected chi connectivity index (χ2v) is 12.0. The van der Waals surface area contributed by atoms with E-state index in [9.17, 15) is 15.2 Å². The number of H-pyrrole nitrogens is 1. The number of carboxylic acid groups (broad SMARTS) is 1. The van der Waals surface area contributed by atoms with Crippen molar-refractivity contribution < 1.29 is 19.4 Å². The number of hydrogen-bond donors (Lipinski definition) is 2. The van der Waals surface area contributed by atoms with Crippen LogP contribution in [-0.4, -0.2) is 71.1 Å². The predicted octanol–water partition coefficient (Wildman–Crippen LogP) is 6.15. The molecule has 4 heterocycles. The van der Waals surface area contributed by atoms with Crippen LogP contribution in [0.15, 0.2) is 60.8 Å². The van der Waals surface area contributed by atoms with E-state index < -0.39 is 6.09 Å². The molecule has 2 saturated heterocycles. The average molecular weight is 566 g/mol. The summed E-state index contributed by atoms with van der Waals surface area (Å²) in [6.45, 7) is 9.74. The Morgan fingerprint density at radius 3 is 2.50 bits per heavy atom. The molecule has 216 valence electrons. The number of nitrogens with one attached hydrogen (secondary N) is 1. The summed E-state index contributed by atoms with van der Waals surface area (Å²) in [4.78, 5) is 23.7. The minimum Gasteiger partial charge on any atom is -0.487 e. The number of carbonyl (C=O) groups is 1. The lowest BCUT2D eigenvalue weighted by atomic mass is 9.83. The Kier molecular flexibility index (Phi) is 7.25. The molecule has 2 aromatic heterocycles. The zero-order valence-electron chi connectivity index (χ0n) is 24.1. The first kappa shape index (κ1) is 27.6. The minimum atomic E-state index is -0.947. The molecular weight excluding hydrogens is 530 g/mol. The normalized spacial score (nSPS) is 19.2. The van der Waals surface area contributed by atoms with E-state index in [4.69, 9.17) is 9.47 Å². The molecule has 42 heavy (non-hydrogen) atoms. The van der Waals surface area contributed by atoms with Crippen molar-refractivity contribution in [1.29, 1.82) is 5.26 Å². The van der Waals surface area contributed by atoms with Crippen LogP contribution in [0, 0.1) is 16.7 Å². The molecule has 0 spiro atoms. The highest BCUT2D eigenvalue weighted by atomic mass is 16.5. The molecule has 1 amide bonds. The zero-order valence-corrected chi connectivity index (χ0v) is 24.1. The summed E-state index contributed by atoms with van der Waals surface area (Å²) in [6.07, 6.45) is 1.06. The first-order valence-electron chi connectivity index (χ1n) is 14.3. The predicted molar refractivity (Wildman–Crippen MR) is 162 cm³/mol. The van der Waals surface area contributed by atoms with Crippen LogP contribution in [0.4, 0.5) is 10.5 Å². The molecule has 2 unspecified atom stereocenters. The Morgan fingerprint density at radius 1 is 1.07 bits per heavy atom. The fourth-order valence-electron chi connectivity index (χ4n) is 6.29. The Balaban J connectivity index is 1.28. The van der Waals surface area contributed by atoms with Crippen LogP contribution in [0.25, 0.3) is 33.4 Å². The molecule has 0 saturated carbocycles. The van der Waals surface area contributed by atoms with Crippen LogP contribution < -0.4 is 9.64 Å². The van der Waals surface area contributed by atoms with Gasteiger partial charge >= 0.3 is 6.09 Å². The lowest BCUT2D eigenvalue weighted by molar-refractivity contribution is 0.0571. The fourth-order valence-corrected chi connectivity index (χ4v) is 6.29. The van der Waals surface area contributed by atoms with Crippen molar-refractivity contribution >= 4 is 22.8 Å². The topological polar surface area (TPSA) is 115 Å². The Labute approximate surface area is 245 Å². The number of amides is 1. The molecule has 6 rings (SSSR count). The number of rotatable bonds is 5. The third-order valence-electron chi connectivity index (χ3n) is 8.25. The third kappa shape index (κ3) is 5.26. The maximum absolute atomic E-state index is 11.9. The van der Waals surface area contributed by atoms with Crippen LogP contribution in [0.3, 0.4) is 0 Å². The Hall–Kier alpha value is -4.55. The zero-order chi connectivity index (χ0) is 29.4. The first-order chi connectivity index (χ1) is 20.2. The molecule has 2 aromatic carbocycles. The van der Waals surface area contributed by atoms with Gasteiger partial charge in [-0.3, -0.25) is 0 Å². The molecule has 4 aromatic rings. The van der Waals surface area contributed by atoms with Crippen LogP contribution in [0.5, 0.6) is 5.75 Å². The number of aromatic amines is 1. The van der Waals surface area contributed by atoms with Gasteiger partial charge in [0.25, 0.3) is 0 Å². The maximum atomic E-state index is 11.9. The number of benzene rings is 2. The number of nitrogens with zero attached hydrogens (tertiary/aromatic N) is 4. The molecule has 0 aliphatic carbocycles. The van der Waals surface area contributed by atoms with Crippen molar-refractivity contribution in [3.05, 3.63) is 66.4 Å². The van der Waals surface area contributed by atoms with E-state index >= 15 is 0 Å². The van der Waals surface area contributed by atoms with Crippen molar-refractivity contribution in [1.82, 2.24) is 14.9 Å². The summed E-state index contributed by atoms with van der Waals surface area (Å²) in [6, 6.07) is 20.2. The van der Waals surface area contributed by atoms with Gasteiger partial charge in [0.05, 0.1) is 24.8 Å². The number of aromatic nitrogens is 2. The van der Waals surface area contributed by atoms with Gasteiger partial charge < -0.3 is 29.4 Å². The maximum Gasteiger partial charge on any atom is 0.407 e. The molecule has 2 atom stereocenters. The molecule has 2 N–H and O–H groups in total. The largest absolute Gasteiger partial charge is 0.487 e. The van der Waals surface area contributed by atoms with Crippen molar-refractivity contribution in [2.45, 2.75) is 39.3 Å². The summed E-state index contributed by atoms with van der Waals surface area (Å²) < 4.78 is 11.8. The number of anilines is 1. The average Bonchev–Trinajstić information content (AvgIpc) is 3.63. The van der Waals surface area contributed by atoms with Gasteiger partial charge in [-0.1, -0.05) is 39.0 Å². The van der Waals surface area contributed by atoms with E-state index in [-0.39, 0.29) is 17.6 Å². The molecular formula is C33H35N5O4. The van der Waals surface area contributed by atoms with E-state index in [1.807, 2.05) is 45.0 Å². The number of hydrogen-bond acceptors (Lipinski definition) is 6. The van der Waals surface area contributed by atoms with Gasteiger partial charge in [0.15, 0.2) is 0 Å². The van der Waals surface area contributed by atoms with E-state index in [2.05, 4.69) is 51.3 Å².